The Morgan fingerprint density at radius 1 is 1.22 bits per heavy atom. The molecule has 0 aliphatic carbocycles. The van der Waals surface area contributed by atoms with Gasteiger partial charge in [-0.25, -0.2) is 0 Å². The molecule has 0 amide bonds. The maximum Gasteiger partial charge on any atom is 0.304 e. The molecule has 1 aromatic heterocycles. The molecule has 2 aromatic rings. The van der Waals surface area contributed by atoms with Gasteiger partial charge in [-0.15, -0.1) is 11.3 Å². The van der Waals surface area contributed by atoms with Crippen molar-refractivity contribution in [1.82, 2.24) is 0 Å². The molecule has 0 bridgehead atoms. The summed E-state index contributed by atoms with van der Waals surface area (Å²) in [5, 5.41) is 10.9. The number of hydrogen-bond donors (Lipinski definition) is 1. The van der Waals surface area contributed by atoms with Crippen LogP contribution >= 0.6 is 11.3 Å². The molecule has 2 rings (SSSR count). The van der Waals surface area contributed by atoms with Gasteiger partial charge in [0.2, 0.25) is 0 Å². The summed E-state index contributed by atoms with van der Waals surface area (Å²) in [6, 6.07) is 13.3. The maximum atomic E-state index is 10.9. The van der Waals surface area contributed by atoms with E-state index in [9.17, 15) is 4.79 Å². The molecule has 0 radical (unpaired) electrons. The summed E-state index contributed by atoms with van der Waals surface area (Å²) in [5.74, 6) is -0.128. The van der Waals surface area contributed by atoms with E-state index in [0.717, 1.165) is 10.6 Å². The number of carboxylic acids is 1. The van der Waals surface area contributed by atoms with Crippen LogP contribution in [0, 0.1) is 0 Å². The van der Waals surface area contributed by atoms with Crippen LogP contribution in [0.5, 0.6) is 5.75 Å². The van der Waals surface area contributed by atoms with Crippen molar-refractivity contribution in [2.75, 3.05) is 6.61 Å². The van der Waals surface area contributed by atoms with Gasteiger partial charge in [-0.1, -0.05) is 24.3 Å². The van der Waals surface area contributed by atoms with Crippen LogP contribution < -0.4 is 4.74 Å². The Kier molecular flexibility index (Phi) is 4.36. The van der Waals surface area contributed by atoms with E-state index in [1.807, 2.05) is 47.8 Å². The molecule has 0 saturated carbocycles. The minimum Gasteiger partial charge on any atom is -0.493 e. The smallest absolute Gasteiger partial charge is 0.304 e. The van der Waals surface area contributed by atoms with Gasteiger partial charge in [-0.05, 0) is 23.6 Å². The molecule has 94 valence electrons. The lowest BCUT2D eigenvalue weighted by atomic mass is 10.1. The van der Waals surface area contributed by atoms with E-state index in [-0.39, 0.29) is 12.3 Å². The van der Waals surface area contributed by atoms with E-state index in [4.69, 9.17) is 9.84 Å². The maximum absolute atomic E-state index is 10.9. The summed E-state index contributed by atoms with van der Waals surface area (Å²) in [6.07, 6.45) is 0.0906. The average Bonchev–Trinajstić information content (AvgIpc) is 2.89. The number of hydrogen-bond acceptors (Lipinski definition) is 3. The molecular formula is C14H14O3S. The first kappa shape index (κ1) is 12.6. The first-order chi connectivity index (χ1) is 8.75. The standard InChI is InChI=1S/C14H14O3S/c15-14(16)9-11(13-7-4-8-18-13)10-17-12-5-2-1-3-6-12/h1-8,11H,9-10H2,(H,15,16). The number of rotatable bonds is 6. The van der Waals surface area contributed by atoms with Crippen LogP contribution in [0.1, 0.15) is 17.2 Å². The Morgan fingerprint density at radius 2 is 2.00 bits per heavy atom. The molecule has 0 aliphatic heterocycles. The van der Waals surface area contributed by atoms with Crippen molar-refractivity contribution in [3.05, 3.63) is 52.7 Å². The van der Waals surface area contributed by atoms with Gasteiger partial charge in [-0.3, -0.25) is 4.79 Å². The van der Waals surface area contributed by atoms with Crippen molar-refractivity contribution in [1.29, 1.82) is 0 Å². The minimum atomic E-state index is -0.801. The summed E-state index contributed by atoms with van der Waals surface area (Å²) in [5.41, 5.74) is 0. The number of thiophene rings is 1. The number of para-hydroxylation sites is 1. The lowest BCUT2D eigenvalue weighted by Crippen LogP contribution is -2.13. The van der Waals surface area contributed by atoms with Crippen LogP contribution in [0.2, 0.25) is 0 Å². The van der Waals surface area contributed by atoms with E-state index in [1.54, 1.807) is 11.3 Å². The molecule has 0 aliphatic rings. The Labute approximate surface area is 110 Å². The van der Waals surface area contributed by atoms with Crippen molar-refractivity contribution < 1.29 is 14.6 Å². The zero-order valence-corrected chi connectivity index (χ0v) is 10.6. The van der Waals surface area contributed by atoms with Crippen LogP contribution in [-0.2, 0) is 4.79 Å². The van der Waals surface area contributed by atoms with Gasteiger partial charge in [0.1, 0.15) is 5.75 Å². The molecule has 3 nitrogen and oxygen atoms in total. The van der Waals surface area contributed by atoms with Crippen LogP contribution in [0.25, 0.3) is 0 Å². The summed E-state index contributed by atoms with van der Waals surface area (Å²) < 4.78 is 5.64. The van der Waals surface area contributed by atoms with Crippen LogP contribution in [-0.4, -0.2) is 17.7 Å². The molecule has 0 fully saturated rings. The van der Waals surface area contributed by atoms with Crippen LogP contribution in [0.4, 0.5) is 0 Å². The zero-order chi connectivity index (χ0) is 12.8. The normalized spacial score (nSPS) is 12.0. The van der Waals surface area contributed by atoms with Crippen molar-refractivity contribution >= 4 is 17.3 Å². The van der Waals surface area contributed by atoms with Crippen molar-refractivity contribution in [3.8, 4) is 5.75 Å². The number of carbonyl (C=O) groups is 1. The Bertz CT molecular complexity index is 479. The van der Waals surface area contributed by atoms with Gasteiger partial charge >= 0.3 is 5.97 Å². The largest absolute Gasteiger partial charge is 0.493 e. The highest BCUT2D eigenvalue weighted by atomic mass is 32.1. The first-order valence-electron chi connectivity index (χ1n) is 5.69. The first-order valence-corrected chi connectivity index (χ1v) is 6.56. The molecule has 1 atom stereocenters. The zero-order valence-electron chi connectivity index (χ0n) is 9.78. The number of carboxylic acid groups (broad SMARTS) is 1. The number of ether oxygens (including phenoxy) is 1. The second-order valence-corrected chi connectivity index (χ2v) is 4.91. The van der Waals surface area contributed by atoms with Gasteiger partial charge in [0.15, 0.2) is 0 Å². The second kappa shape index (κ2) is 6.21. The van der Waals surface area contributed by atoms with E-state index in [0.29, 0.717) is 6.61 Å². The number of aliphatic carboxylic acids is 1. The molecule has 1 aromatic carbocycles. The third-order valence-corrected chi connectivity index (χ3v) is 3.60. The summed E-state index contributed by atoms with van der Waals surface area (Å²) >= 11 is 1.56. The molecule has 1 heterocycles. The Balaban J connectivity index is 2.00. The van der Waals surface area contributed by atoms with Gasteiger partial charge < -0.3 is 9.84 Å². The van der Waals surface area contributed by atoms with E-state index in [2.05, 4.69) is 0 Å². The molecule has 18 heavy (non-hydrogen) atoms. The summed E-state index contributed by atoms with van der Waals surface area (Å²) in [4.78, 5) is 11.9. The lowest BCUT2D eigenvalue weighted by molar-refractivity contribution is -0.137. The Morgan fingerprint density at radius 3 is 2.61 bits per heavy atom. The quantitative estimate of drug-likeness (QED) is 0.868. The van der Waals surface area contributed by atoms with Crippen molar-refractivity contribution in [3.63, 3.8) is 0 Å². The molecule has 1 unspecified atom stereocenters. The monoisotopic (exact) mass is 262 g/mol. The highest BCUT2D eigenvalue weighted by Crippen LogP contribution is 2.25. The van der Waals surface area contributed by atoms with E-state index < -0.39 is 5.97 Å². The fourth-order valence-corrected chi connectivity index (χ4v) is 2.50. The molecule has 0 spiro atoms. The van der Waals surface area contributed by atoms with E-state index in [1.165, 1.54) is 0 Å². The van der Waals surface area contributed by atoms with Crippen LogP contribution in [0.15, 0.2) is 47.8 Å². The predicted molar refractivity (Wildman–Crippen MR) is 71.2 cm³/mol. The molecule has 1 N–H and O–H groups in total. The Hall–Kier alpha value is -1.81. The van der Waals surface area contributed by atoms with Gasteiger partial charge in [-0.2, -0.15) is 0 Å². The fraction of sp³-hybridized carbons (Fsp3) is 0.214. The van der Waals surface area contributed by atoms with Crippen LogP contribution in [0.3, 0.4) is 0 Å². The third-order valence-electron chi connectivity index (χ3n) is 2.56. The summed E-state index contributed by atoms with van der Waals surface area (Å²) in [7, 11) is 0. The minimum absolute atomic E-state index is 0.0906. The average molecular weight is 262 g/mol. The molecule has 0 saturated heterocycles. The van der Waals surface area contributed by atoms with Crippen molar-refractivity contribution in [2.24, 2.45) is 0 Å². The fourth-order valence-electron chi connectivity index (χ4n) is 1.69. The third kappa shape index (κ3) is 3.60. The van der Waals surface area contributed by atoms with Gasteiger partial charge in [0.05, 0.1) is 13.0 Å². The van der Waals surface area contributed by atoms with Gasteiger partial charge in [0.25, 0.3) is 0 Å². The lowest BCUT2D eigenvalue weighted by Gasteiger charge is -2.14. The molecular weight excluding hydrogens is 248 g/mol. The SMILES string of the molecule is O=C(O)CC(COc1ccccc1)c1cccs1. The molecule has 4 heteroatoms. The topological polar surface area (TPSA) is 46.5 Å². The predicted octanol–water partition coefficient (Wildman–Crippen LogP) is 3.39. The van der Waals surface area contributed by atoms with Gasteiger partial charge in [0, 0.05) is 10.8 Å². The van der Waals surface area contributed by atoms with E-state index >= 15 is 0 Å². The highest BCUT2D eigenvalue weighted by Gasteiger charge is 2.17. The second-order valence-electron chi connectivity index (χ2n) is 3.93. The highest BCUT2D eigenvalue weighted by molar-refractivity contribution is 7.10. The summed E-state index contributed by atoms with van der Waals surface area (Å²) in [6.45, 7) is 0.386. The van der Waals surface area contributed by atoms with Crippen molar-refractivity contribution in [2.45, 2.75) is 12.3 Å². The number of benzene rings is 1.